The minimum Gasteiger partial charge on any atom is -0.491 e. The van der Waals surface area contributed by atoms with Crippen LogP contribution in [0.15, 0.2) is 78.9 Å². The number of rotatable bonds is 8. The summed E-state index contributed by atoms with van der Waals surface area (Å²) < 4.78 is 5.60. The smallest absolute Gasteiger partial charge is 0.255 e. The van der Waals surface area contributed by atoms with Crippen LogP contribution in [0.3, 0.4) is 0 Å². The molecule has 3 aromatic rings. The molecule has 32 heavy (non-hydrogen) atoms. The molecule has 2 atom stereocenters. The number of carbonyl (C=O) groups excluding carboxylic acids is 2. The summed E-state index contributed by atoms with van der Waals surface area (Å²) in [5, 5.41) is 9.09. The maximum Gasteiger partial charge on any atom is 0.255 e. The van der Waals surface area contributed by atoms with E-state index in [2.05, 4.69) is 0 Å². The summed E-state index contributed by atoms with van der Waals surface area (Å²) in [5.41, 5.74) is 9.09. The van der Waals surface area contributed by atoms with E-state index in [4.69, 9.17) is 15.6 Å². The van der Waals surface area contributed by atoms with Gasteiger partial charge in [0.25, 0.3) is 5.91 Å². The van der Waals surface area contributed by atoms with Crippen molar-refractivity contribution in [3.05, 3.63) is 101 Å². The lowest BCUT2D eigenvalue weighted by Gasteiger charge is -2.36. The molecule has 0 aliphatic heterocycles. The Hall–Kier alpha value is -3.64. The van der Waals surface area contributed by atoms with E-state index in [1.54, 1.807) is 29.2 Å². The number of fused-ring (bicyclic) bond motifs is 1. The standard InChI is InChI=1S/C26H26N2O4/c27-25(30)24(19-7-3-1-4-8-19)28(26(31)20-9-5-2-6-10-20)23-14-12-18-11-13-21(17-22(18)23)32-16-15-29/h1-11,13,17,23-24,29H,12,14-16H2,(H2,27,30)/t23-,24-/m1/s1. The van der Waals surface area contributed by atoms with Crippen LogP contribution in [0.25, 0.3) is 0 Å². The molecule has 3 aromatic carbocycles. The van der Waals surface area contributed by atoms with Crippen LogP contribution in [0.1, 0.15) is 45.6 Å². The Balaban J connectivity index is 1.81. The van der Waals surface area contributed by atoms with Gasteiger partial charge >= 0.3 is 0 Å². The third-order valence-corrected chi connectivity index (χ3v) is 5.78. The molecule has 1 aliphatic rings. The predicted molar refractivity (Wildman–Crippen MR) is 121 cm³/mol. The molecule has 0 heterocycles. The second-order valence-corrected chi connectivity index (χ2v) is 7.78. The number of carbonyl (C=O) groups is 2. The number of ether oxygens (including phenoxy) is 1. The Labute approximate surface area is 187 Å². The maximum absolute atomic E-state index is 13.8. The first-order chi connectivity index (χ1) is 15.6. The molecule has 3 N–H and O–H groups in total. The third-order valence-electron chi connectivity index (χ3n) is 5.78. The summed E-state index contributed by atoms with van der Waals surface area (Å²) in [5.74, 6) is -0.216. The number of benzene rings is 3. The minimum atomic E-state index is -0.915. The van der Waals surface area contributed by atoms with Crippen LogP contribution in [0.5, 0.6) is 5.75 Å². The van der Waals surface area contributed by atoms with Crippen molar-refractivity contribution in [3.63, 3.8) is 0 Å². The number of aliphatic hydroxyl groups excluding tert-OH is 1. The highest BCUT2D eigenvalue weighted by molar-refractivity contribution is 5.98. The van der Waals surface area contributed by atoms with E-state index in [1.165, 1.54) is 0 Å². The number of amides is 2. The molecular weight excluding hydrogens is 404 g/mol. The molecule has 6 heteroatoms. The van der Waals surface area contributed by atoms with Crippen molar-refractivity contribution in [1.82, 2.24) is 4.90 Å². The quantitative estimate of drug-likeness (QED) is 0.573. The molecule has 0 bridgehead atoms. The molecular formula is C26H26N2O4. The molecule has 1 aliphatic carbocycles. The fourth-order valence-corrected chi connectivity index (χ4v) is 4.37. The summed E-state index contributed by atoms with van der Waals surface area (Å²) >= 11 is 0. The lowest BCUT2D eigenvalue weighted by atomic mass is 9.98. The van der Waals surface area contributed by atoms with Gasteiger partial charge in [0.15, 0.2) is 0 Å². The van der Waals surface area contributed by atoms with Gasteiger partial charge < -0.3 is 20.5 Å². The zero-order valence-corrected chi connectivity index (χ0v) is 17.7. The summed E-state index contributed by atoms with van der Waals surface area (Å²) in [6.07, 6.45) is 1.45. The van der Waals surface area contributed by atoms with Gasteiger partial charge in [0.2, 0.25) is 5.91 Å². The van der Waals surface area contributed by atoms with Gasteiger partial charge in [-0.2, -0.15) is 0 Å². The summed E-state index contributed by atoms with van der Waals surface area (Å²) in [4.78, 5) is 28.1. The molecule has 0 aromatic heterocycles. The molecule has 164 valence electrons. The lowest BCUT2D eigenvalue weighted by Crippen LogP contribution is -2.43. The van der Waals surface area contributed by atoms with Crippen molar-refractivity contribution in [2.75, 3.05) is 13.2 Å². The summed E-state index contributed by atoms with van der Waals surface area (Å²) in [6, 6.07) is 22.6. The molecule has 0 fully saturated rings. The second kappa shape index (κ2) is 9.66. The molecule has 0 spiro atoms. The number of aliphatic hydroxyl groups is 1. The lowest BCUT2D eigenvalue weighted by molar-refractivity contribution is -0.123. The number of aryl methyl sites for hydroxylation is 1. The Bertz CT molecular complexity index is 1090. The predicted octanol–water partition coefficient (Wildman–Crippen LogP) is 3.41. The summed E-state index contributed by atoms with van der Waals surface area (Å²) in [6.45, 7) is 0.0981. The third kappa shape index (κ3) is 4.36. The Morgan fingerprint density at radius 1 is 1.03 bits per heavy atom. The largest absolute Gasteiger partial charge is 0.491 e. The van der Waals surface area contributed by atoms with E-state index >= 15 is 0 Å². The molecule has 0 saturated carbocycles. The highest BCUT2D eigenvalue weighted by atomic mass is 16.5. The Kier molecular flexibility index (Phi) is 6.52. The van der Waals surface area contributed by atoms with Crippen molar-refractivity contribution in [2.45, 2.75) is 24.9 Å². The van der Waals surface area contributed by atoms with Crippen molar-refractivity contribution in [2.24, 2.45) is 5.73 Å². The number of nitrogens with two attached hydrogens (primary N) is 1. The average Bonchev–Trinajstić information content (AvgIpc) is 3.24. The van der Waals surface area contributed by atoms with Gasteiger partial charge in [0.05, 0.1) is 12.6 Å². The summed E-state index contributed by atoms with van der Waals surface area (Å²) in [7, 11) is 0. The Morgan fingerprint density at radius 3 is 2.38 bits per heavy atom. The topological polar surface area (TPSA) is 92.9 Å². The molecule has 0 radical (unpaired) electrons. The van der Waals surface area contributed by atoms with Crippen LogP contribution in [-0.2, 0) is 11.2 Å². The number of hydrogen-bond acceptors (Lipinski definition) is 4. The zero-order chi connectivity index (χ0) is 22.5. The maximum atomic E-state index is 13.8. The first kappa shape index (κ1) is 21.6. The van der Waals surface area contributed by atoms with Crippen molar-refractivity contribution in [1.29, 1.82) is 0 Å². The van der Waals surface area contributed by atoms with Gasteiger partial charge in [-0.15, -0.1) is 0 Å². The SMILES string of the molecule is NC(=O)[C@@H](c1ccccc1)N(C(=O)c1ccccc1)[C@@H]1CCc2ccc(OCCO)cc21. The fourth-order valence-electron chi connectivity index (χ4n) is 4.37. The van der Waals surface area contributed by atoms with Gasteiger partial charge in [0.1, 0.15) is 18.4 Å². The minimum absolute atomic E-state index is 0.0864. The van der Waals surface area contributed by atoms with Crippen LogP contribution < -0.4 is 10.5 Å². The van der Waals surface area contributed by atoms with Crippen LogP contribution >= 0.6 is 0 Å². The van der Waals surface area contributed by atoms with E-state index < -0.39 is 11.9 Å². The molecule has 4 rings (SSSR count). The molecule has 6 nitrogen and oxygen atoms in total. The monoisotopic (exact) mass is 430 g/mol. The van der Waals surface area contributed by atoms with E-state index in [1.807, 2.05) is 54.6 Å². The van der Waals surface area contributed by atoms with E-state index in [-0.39, 0.29) is 25.2 Å². The van der Waals surface area contributed by atoms with E-state index in [9.17, 15) is 9.59 Å². The van der Waals surface area contributed by atoms with Gasteiger partial charge in [-0.1, -0.05) is 54.6 Å². The highest BCUT2D eigenvalue weighted by Gasteiger charge is 2.39. The van der Waals surface area contributed by atoms with E-state index in [0.29, 0.717) is 23.3 Å². The van der Waals surface area contributed by atoms with Crippen molar-refractivity contribution in [3.8, 4) is 5.75 Å². The van der Waals surface area contributed by atoms with Crippen LogP contribution in [0.2, 0.25) is 0 Å². The highest BCUT2D eigenvalue weighted by Crippen LogP contribution is 2.42. The second-order valence-electron chi connectivity index (χ2n) is 7.78. The number of nitrogens with zero attached hydrogens (tertiary/aromatic N) is 1. The van der Waals surface area contributed by atoms with Crippen LogP contribution in [0, 0.1) is 0 Å². The normalized spacial score (nSPS) is 15.6. The van der Waals surface area contributed by atoms with Gasteiger partial charge in [-0.05, 0) is 53.8 Å². The molecule has 0 unspecified atom stereocenters. The van der Waals surface area contributed by atoms with Crippen molar-refractivity contribution >= 4 is 11.8 Å². The number of hydrogen-bond donors (Lipinski definition) is 2. The van der Waals surface area contributed by atoms with Gasteiger partial charge in [-0.3, -0.25) is 9.59 Å². The van der Waals surface area contributed by atoms with Crippen molar-refractivity contribution < 1.29 is 19.4 Å². The van der Waals surface area contributed by atoms with Gasteiger partial charge in [-0.25, -0.2) is 0 Å². The molecule has 0 saturated heterocycles. The fraction of sp³-hybridized carbons (Fsp3) is 0.231. The van der Waals surface area contributed by atoms with Crippen LogP contribution in [-0.4, -0.2) is 35.0 Å². The first-order valence-electron chi connectivity index (χ1n) is 10.7. The average molecular weight is 431 g/mol. The molecule has 2 amide bonds. The Morgan fingerprint density at radius 2 is 1.72 bits per heavy atom. The van der Waals surface area contributed by atoms with E-state index in [0.717, 1.165) is 17.5 Å². The van der Waals surface area contributed by atoms with Gasteiger partial charge in [0, 0.05) is 5.56 Å². The first-order valence-corrected chi connectivity index (χ1v) is 10.7. The van der Waals surface area contributed by atoms with Crippen LogP contribution in [0.4, 0.5) is 0 Å². The number of primary amides is 1. The zero-order valence-electron chi connectivity index (χ0n) is 17.7.